The van der Waals surface area contributed by atoms with Crippen molar-refractivity contribution in [2.24, 2.45) is 0 Å². The van der Waals surface area contributed by atoms with Crippen molar-refractivity contribution in [2.45, 2.75) is 13.5 Å². The van der Waals surface area contributed by atoms with Gasteiger partial charge in [0.2, 0.25) is 0 Å². The van der Waals surface area contributed by atoms with Crippen molar-refractivity contribution in [3.8, 4) is 11.5 Å². The number of sulfone groups is 1. The summed E-state index contributed by atoms with van der Waals surface area (Å²) >= 11 is 0. The molecule has 0 heterocycles. The molecule has 0 unspecified atom stereocenters. The second-order valence-electron chi connectivity index (χ2n) is 4.19. The van der Waals surface area contributed by atoms with Gasteiger partial charge in [0.15, 0.2) is 11.5 Å². The summed E-state index contributed by atoms with van der Waals surface area (Å²) in [5, 5.41) is 3.09. The topological polar surface area (TPSA) is 64.6 Å². The van der Waals surface area contributed by atoms with E-state index in [-0.39, 0.29) is 5.75 Å². The Balaban J connectivity index is 2.65. The van der Waals surface area contributed by atoms with Crippen molar-refractivity contribution in [1.82, 2.24) is 5.32 Å². The zero-order valence-electron chi connectivity index (χ0n) is 11.6. The van der Waals surface area contributed by atoms with E-state index >= 15 is 0 Å². The van der Waals surface area contributed by atoms with E-state index in [0.29, 0.717) is 31.2 Å². The summed E-state index contributed by atoms with van der Waals surface area (Å²) in [7, 11) is -1.33. The van der Waals surface area contributed by atoms with Gasteiger partial charge >= 0.3 is 0 Å². The van der Waals surface area contributed by atoms with Crippen LogP contribution >= 0.6 is 0 Å². The molecule has 108 valence electrons. The molecular formula is C13H21NO4S. The third kappa shape index (κ3) is 5.48. The van der Waals surface area contributed by atoms with Gasteiger partial charge in [0.05, 0.1) is 19.5 Å². The number of ether oxygens (including phenoxy) is 2. The van der Waals surface area contributed by atoms with Crippen LogP contribution in [0.4, 0.5) is 0 Å². The molecule has 1 aromatic rings. The smallest absolute Gasteiger partial charge is 0.165 e. The van der Waals surface area contributed by atoms with E-state index in [1.54, 1.807) is 7.11 Å². The van der Waals surface area contributed by atoms with E-state index in [0.717, 1.165) is 5.56 Å². The second kappa shape index (κ2) is 7.35. The summed E-state index contributed by atoms with van der Waals surface area (Å²) in [6, 6.07) is 5.66. The largest absolute Gasteiger partial charge is 0.493 e. The fourth-order valence-electron chi connectivity index (χ4n) is 1.68. The lowest BCUT2D eigenvalue weighted by atomic mass is 10.2. The lowest BCUT2D eigenvalue weighted by molar-refractivity contribution is 0.308. The highest BCUT2D eigenvalue weighted by molar-refractivity contribution is 7.90. The molecule has 1 N–H and O–H groups in total. The Hall–Kier alpha value is -1.27. The molecule has 0 aliphatic rings. The predicted molar refractivity (Wildman–Crippen MR) is 75.6 cm³/mol. The average Bonchev–Trinajstić information content (AvgIpc) is 2.34. The lowest BCUT2D eigenvalue weighted by Gasteiger charge is -2.14. The fraction of sp³-hybridized carbons (Fsp3) is 0.538. The Morgan fingerprint density at radius 1 is 1.32 bits per heavy atom. The molecule has 1 rings (SSSR count). The number of para-hydroxylation sites is 1. The number of hydrogen-bond donors (Lipinski definition) is 1. The molecule has 0 saturated heterocycles. The molecule has 0 aliphatic carbocycles. The maximum atomic E-state index is 11.0. The highest BCUT2D eigenvalue weighted by Gasteiger charge is 2.09. The predicted octanol–water partition coefficient (Wildman–Crippen LogP) is 1.23. The van der Waals surface area contributed by atoms with Crippen LogP contribution in [0, 0.1) is 0 Å². The summed E-state index contributed by atoms with van der Waals surface area (Å²) in [6.07, 6.45) is 1.23. The summed E-state index contributed by atoms with van der Waals surface area (Å²) in [5.74, 6) is 1.52. The van der Waals surface area contributed by atoms with Gasteiger partial charge in [-0.3, -0.25) is 0 Å². The van der Waals surface area contributed by atoms with E-state index in [9.17, 15) is 8.42 Å². The molecule has 5 nitrogen and oxygen atoms in total. The molecule has 0 spiro atoms. The van der Waals surface area contributed by atoms with Crippen LogP contribution in [0.2, 0.25) is 0 Å². The first-order valence-electron chi connectivity index (χ1n) is 6.15. The molecule has 0 bridgehead atoms. The van der Waals surface area contributed by atoms with Gasteiger partial charge in [0.1, 0.15) is 9.84 Å². The van der Waals surface area contributed by atoms with Crippen molar-refractivity contribution in [3.63, 3.8) is 0 Å². The van der Waals surface area contributed by atoms with Crippen LogP contribution in [0.25, 0.3) is 0 Å². The van der Waals surface area contributed by atoms with Crippen molar-refractivity contribution in [3.05, 3.63) is 23.8 Å². The first kappa shape index (κ1) is 15.8. The van der Waals surface area contributed by atoms with E-state index in [4.69, 9.17) is 9.47 Å². The van der Waals surface area contributed by atoms with Gasteiger partial charge in [0, 0.05) is 24.9 Å². The van der Waals surface area contributed by atoms with E-state index in [1.807, 2.05) is 25.1 Å². The Kier molecular flexibility index (Phi) is 6.11. The van der Waals surface area contributed by atoms with Crippen molar-refractivity contribution >= 4 is 9.84 Å². The molecule has 0 aromatic heterocycles. The first-order valence-corrected chi connectivity index (χ1v) is 8.21. The molecule has 0 atom stereocenters. The van der Waals surface area contributed by atoms with Crippen LogP contribution in [0.5, 0.6) is 11.5 Å². The molecular weight excluding hydrogens is 266 g/mol. The number of methoxy groups -OCH3 is 1. The summed E-state index contributed by atoms with van der Waals surface area (Å²) in [4.78, 5) is 0. The van der Waals surface area contributed by atoms with Crippen LogP contribution in [-0.2, 0) is 16.4 Å². The molecule has 0 fully saturated rings. The molecule has 0 amide bonds. The second-order valence-corrected chi connectivity index (χ2v) is 6.45. The normalized spacial score (nSPS) is 11.3. The van der Waals surface area contributed by atoms with Crippen LogP contribution in [0.3, 0.4) is 0 Å². The Labute approximate surface area is 114 Å². The fourth-order valence-corrected chi connectivity index (χ4v) is 2.20. The van der Waals surface area contributed by atoms with E-state index < -0.39 is 9.84 Å². The van der Waals surface area contributed by atoms with Gasteiger partial charge < -0.3 is 14.8 Å². The number of rotatable bonds is 8. The van der Waals surface area contributed by atoms with Crippen LogP contribution in [0.15, 0.2) is 18.2 Å². The van der Waals surface area contributed by atoms with Crippen LogP contribution < -0.4 is 14.8 Å². The van der Waals surface area contributed by atoms with Gasteiger partial charge in [-0.2, -0.15) is 0 Å². The van der Waals surface area contributed by atoms with Crippen LogP contribution in [-0.4, -0.2) is 40.7 Å². The summed E-state index contributed by atoms with van der Waals surface area (Å²) < 4.78 is 32.9. The minimum absolute atomic E-state index is 0.125. The third-order valence-electron chi connectivity index (χ3n) is 2.53. The first-order chi connectivity index (χ1) is 8.98. The molecule has 1 aromatic carbocycles. The highest BCUT2D eigenvalue weighted by Crippen LogP contribution is 2.30. The van der Waals surface area contributed by atoms with Gasteiger partial charge in [0.25, 0.3) is 0 Å². The minimum atomic E-state index is -2.93. The monoisotopic (exact) mass is 287 g/mol. The van der Waals surface area contributed by atoms with Gasteiger partial charge in [-0.25, -0.2) is 8.42 Å². The molecule has 6 heteroatoms. The zero-order chi connectivity index (χ0) is 14.3. The molecule has 0 radical (unpaired) electrons. The average molecular weight is 287 g/mol. The summed E-state index contributed by atoms with van der Waals surface area (Å²) in [6.45, 7) is 3.44. The van der Waals surface area contributed by atoms with Crippen molar-refractivity contribution < 1.29 is 17.9 Å². The molecule has 0 aliphatic heterocycles. The third-order valence-corrected chi connectivity index (χ3v) is 3.48. The maximum Gasteiger partial charge on any atom is 0.165 e. The van der Waals surface area contributed by atoms with Crippen molar-refractivity contribution in [1.29, 1.82) is 0 Å². The van der Waals surface area contributed by atoms with E-state index in [1.165, 1.54) is 6.26 Å². The van der Waals surface area contributed by atoms with Gasteiger partial charge in [-0.05, 0) is 13.0 Å². The Morgan fingerprint density at radius 2 is 2.05 bits per heavy atom. The van der Waals surface area contributed by atoms with Gasteiger partial charge in [-0.15, -0.1) is 0 Å². The number of hydrogen-bond acceptors (Lipinski definition) is 5. The van der Waals surface area contributed by atoms with Gasteiger partial charge in [-0.1, -0.05) is 12.1 Å². The molecule has 0 saturated carbocycles. The minimum Gasteiger partial charge on any atom is -0.493 e. The zero-order valence-corrected chi connectivity index (χ0v) is 12.4. The Morgan fingerprint density at radius 3 is 2.63 bits per heavy atom. The molecule has 19 heavy (non-hydrogen) atoms. The van der Waals surface area contributed by atoms with E-state index in [2.05, 4.69) is 5.32 Å². The number of benzene rings is 1. The standard InChI is InChI=1S/C13H21NO4S/c1-4-18-12-7-5-6-11(13(12)17-2)10-14-8-9-19(3,15)16/h5-7,14H,4,8-10H2,1-3H3. The SMILES string of the molecule is CCOc1cccc(CNCCS(C)(=O)=O)c1OC. The summed E-state index contributed by atoms with van der Waals surface area (Å²) in [5.41, 5.74) is 0.946. The maximum absolute atomic E-state index is 11.0. The highest BCUT2D eigenvalue weighted by atomic mass is 32.2. The Bertz CT molecular complexity index is 499. The van der Waals surface area contributed by atoms with Crippen LogP contribution in [0.1, 0.15) is 12.5 Å². The number of nitrogens with one attached hydrogen (secondary N) is 1. The quantitative estimate of drug-likeness (QED) is 0.729. The van der Waals surface area contributed by atoms with Crippen molar-refractivity contribution in [2.75, 3.05) is 32.3 Å². The lowest BCUT2D eigenvalue weighted by Crippen LogP contribution is -2.22.